The highest BCUT2D eigenvalue weighted by molar-refractivity contribution is 7.98. The molecule has 0 radical (unpaired) electrons. The normalized spacial score (nSPS) is 13.7. The number of hydrogen-bond acceptors (Lipinski definition) is 4. The molecule has 4 heteroatoms. The van der Waals surface area contributed by atoms with Gasteiger partial charge in [0.1, 0.15) is 6.10 Å². The Morgan fingerprint density at radius 3 is 2.28 bits per heavy atom. The first-order valence-corrected chi connectivity index (χ1v) is 9.30. The van der Waals surface area contributed by atoms with Crippen LogP contribution in [0.25, 0.3) is 11.1 Å². The third kappa shape index (κ3) is 3.11. The topological polar surface area (TPSA) is 38.7 Å². The van der Waals surface area contributed by atoms with Crippen molar-refractivity contribution in [1.29, 1.82) is 0 Å². The molecule has 3 aromatic carbocycles. The minimum Gasteiger partial charge on any atom is -0.454 e. The molecule has 126 valence electrons. The predicted molar refractivity (Wildman–Crippen MR) is 100 cm³/mol. The van der Waals surface area contributed by atoms with Crippen LogP contribution in [0.5, 0.6) is 11.5 Å². The summed E-state index contributed by atoms with van der Waals surface area (Å²) >= 11 is 1.71. The van der Waals surface area contributed by atoms with Crippen LogP contribution in [0.4, 0.5) is 0 Å². The van der Waals surface area contributed by atoms with Crippen molar-refractivity contribution in [2.24, 2.45) is 0 Å². The molecule has 0 saturated carbocycles. The second kappa shape index (κ2) is 6.82. The molecule has 1 unspecified atom stereocenters. The van der Waals surface area contributed by atoms with E-state index in [1.807, 2.05) is 42.5 Å². The predicted octanol–water partition coefficient (Wildman–Crippen LogP) is 4.89. The average molecular weight is 350 g/mol. The fourth-order valence-electron chi connectivity index (χ4n) is 3.02. The molecule has 3 aromatic rings. The van der Waals surface area contributed by atoms with Gasteiger partial charge in [0.2, 0.25) is 6.79 Å². The van der Waals surface area contributed by atoms with Gasteiger partial charge in [-0.1, -0.05) is 42.5 Å². The zero-order valence-electron chi connectivity index (χ0n) is 13.8. The van der Waals surface area contributed by atoms with Crippen LogP contribution in [0, 0.1) is 0 Å². The molecule has 0 bridgehead atoms. The third-order valence-corrected chi connectivity index (χ3v) is 5.10. The molecule has 0 saturated heterocycles. The Hall–Kier alpha value is -2.43. The molecule has 3 nitrogen and oxygen atoms in total. The average Bonchev–Trinajstić information content (AvgIpc) is 3.15. The minimum absolute atomic E-state index is 0.213. The van der Waals surface area contributed by atoms with E-state index in [-0.39, 0.29) is 6.79 Å². The molecule has 1 aliphatic rings. The Kier molecular flexibility index (Phi) is 4.38. The Labute approximate surface area is 151 Å². The van der Waals surface area contributed by atoms with Gasteiger partial charge in [0, 0.05) is 4.90 Å². The number of aliphatic hydroxyl groups excluding tert-OH is 1. The molecule has 0 amide bonds. The van der Waals surface area contributed by atoms with Gasteiger partial charge in [0.05, 0.1) is 0 Å². The second-order valence-corrected chi connectivity index (χ2v) is 6.71. The van der Waals surface area contributed by atoms with Crippen LogP contribution >= 0.6 is 11.8 Å². The van der Waals surface area contributed by atoms with Crippen molar-refractivity contribution in [3.05, 3.63) is 77.9 Å². The fraction of sp³-hybridized carbons (Fsp3) is 0.143. The van der Waals surface area contributed by atoms with Gasteiger partial charge in [-0.05, 0) is 52.8 Å². The summed E-state index contributed by atoms with van der Waals surface area (Å²) in [4.78, 5) is 1.20. The maximum Gasteiger partial charge on any atom is 0.231 e. The highest BCUT2D eigenvalue weighted by Crippen LogP contribution is 2.42. The van der Waals surface area contributed by atoms with Crippen LogP contribution in [0.1, 0.15) is 17.2 Å². The molecule has 0 aliphatic carbocycles. The van der Waals surface area contributed by atoms with E-state index in [1.54, 1.807) is 11.8 Å². The van der Waals surface area contributed by atoms with Gasteiger partial charge in [-0.15, -0.1) is 11.8 Å². The Balaban J connectivity index is 1.84. The van der Waals surface area contributed by atoms with Gasteiger partial charge < -0.3 is 14.6 Å². The van der Waals surface area contributed by atoms with Crippen LogP contribution < -0.4 is 9.47 Å². The fourth-order valence-corrected chi connectivity index (χ4v) is 3.43. The largest absolute Gasteiger partial charge is 0.454 e. The van der Waals surface area contributed by atoms with Gasteiger partial charge in [0.25, 0.3) is 0 Å². The molecule has 1 aliphatic heterocycles. The molecule has 4 rings (SSSR count). The molecule has 0 spiro atoms. The minimum atomic E-state index is -0.731. The first-order valence-electron chi connectivity index (χ1n) is 8.07. The lowest BCUT2D eigenvalue weighted by molar-refractivity contribution is 0.173. The molecular formula is C21H18O3S. The van der Waals surface area contributed by atoms with Gasteiger partial charge in [-0.3, -0.25) is 0 Å². The van der Waals surface area contributed by atoms with Gasteiger partial charge in [0.15, 0.2) is 11.5 Å². The van der Waals surface area contributed by atoms with Gasteiger partial charge in [-0.25, -0.2) is 0 Å². The maximum atomic E-state index is 11.0. The molecule has 25 heavy (non-hydrogen) atoms. The summed E-state index contributed by atoms with van der Waals surface area (Å²) in [5.74, 6) is 1.39. The number of rotatable bonds is 4. The van der Waals surface area contributed by atoms with Crippen LogP contribution in [-0.2, 0) is 0 Å². The van der Waals surface area contributed by atoms with Crippen molar-refractivity contribution in [1.82, 2.24) is 0 Å². The summed E-state index contributed by atoms with van der Waals surface area (Å²) in [7, 11) is 0. The molecule has 1 atom stereocenters. The Bertz CT molecular complexity index is 876. The first kappa shape index (κ1) is 16.1. The number of fused-ring (bicyclic) bond motifs is 1. The van der Waals surface area contributed by atoms with Crippen molar-refractivity contribution in [2.45, 2.75) is 11.0 Å². The number of benzene rings is 3. The number of aliphatic hydroxyl groups is 1. The van der Waals surface area contributed by atoms with Crippen molar-refractivity contribution in [2.75, 3.05) is 13.0 Å². The van der Waals surface area contributed by atoms with E-state index in [0.29, 0.717) is 11.5 Å². The van der Waals surface area contributed by atoms with E-state index in [0.717, 1.165) is 22.3 Å². The quantitative estimate of drug-likeness (QED) is 0.680. The summed E-state index contributed by atoms with van der Waals surface area (Å²) in [5.41, 5.74) is 3.66. The van der Waals surface area contributed by atoms with Crippen molar-refractivity contribution >= 4 is 11.8 Å². The van der Waals surface area contributed by atoms with Crippen molar-refractivity contribution in [3.8, 4) is 22.6 Å². The smallest absolute Gasteiger partial charge is 0.231 e. The number of thioether (sulfide) groups is 1. The Morgan fingerprint density at radius 2 is 1.60 bits per heavy atom. The summed E-state index contributed by atoms with van der Waals surface area (Å²) < 4.78 is 11.1. The monoisotopic (exact) mass is 350 g/mol. The van der Waals surface area contributed by atoms with Crippen LogP contribution in [0.2, 0.25) is 0 Å². The maximum absolute atomic E-state index is 11.0. The van der Waals surface area contributed by atoms with Crippen LogP contribution in [-0.4, -0.2) is 18.2 Å². The first-order chi connectivity index (χ1) is 12.3. The van der Waals surface area contributed by atoms with Gasteiger partial charge in [-0.2, -0.15) is 0 Å². The standard InChI is InChI=1S/C21H18O3S/c1-25-16-9-7-14(8-10-16)17-11-19-20(24-13-23-19)12-18(17)21(22)15-5-3-2-4-6-15/h2-12,21-22H,13H2,1H3. The second-order valence-electron chi connectivity index (χ2n) is 5.83. The Morgan fingerprint density at radius 1 is 0.920 bits per heavy atom. The summed E-state index contributed by atoms with van der Waals surface area (Å²) in [6.45, 7) is 0.213. The van der Waals surface area contributed by atoms with E-state index in [1.165, 1.54) is 4.90 Å². The highest BCUT2D eigenvalue weighted by Gasteiger charge is 2.22. The molecule has 0 fully saturated rings. The van der Waals surface area contributed by atoms with Crippen LogP contribution in [0.3, 0.4) is 0 Å². The number of hydrogen-bond donors (Lipinski definition) is 1. The molecule has 1 N–H and O–H groups in total. The van der Waals surface area contributed by atoms with E-state index >= 15 is 0 Å². The lowest BCUT2D eigenvalue weighted by Crippen LogP contribution is -2.02. The van der Waals surface area contributed by atoms with E-state index < -0.39 is 6.10 Å². The lowest BCUT2D eigenvalue weighted by atomic mass is 9.92. The number of ether oxygens (including phenoxy) is 2. The zero-order chi connectivity index (χ0) is 17.2. The van der Waals surface area contributed by atoms with E-state index in [9.17, 15) is 5.11 Å². The molecular weight excluding hydrogens is 332 g/mol. The van der Waals surface area contributed by atoms with Crippen molar-refractivity contribution < 1.29 is 14.6 Å². The van der Waals surface area contributed by atoms with E-state index in [4.69, 9.17) is 9.47 Å². The van der Waals surface area contributed by atoms with E-state index in [2.05, 4.69) is 30.5 Å². The van der Waals surface area contributed by atoms with Crippen LogP contribution in [0.15, 0.2) is 71.6 Å². The summed E-state index contributed by atoms with van der Waals surface area (Å²) in [5, 5.41) is 11.0. The highest BCUT2D eigenvalue weighted by atomic mass is 32.2. The molecule has 0 aromatic heterocycles. The molecule has 1 heterocycles. The van der Waals surface area contributed by atoms with Crippen molar-refractivity contribution in [3.63, 3.8) is 0 Å². The third-order valence-electron chi connectivity index (χ3n) is 4.36. The zero-order valence-corrected chi connectivity index (χ0v) is 14.6. The SMILES string of the molecule is CSc1ccc(-c2cc3c(cc2C(O)c2ccccc2)OCO3)cc1. The summed E-state index contributed by atoms with van der Waals surface area (Å²) in [6, 6.07) is 21.8. The summed E-state index contributed by atoms with van der Waals surface area (Å²) in [6.07, 6.45) is 1.33. The van der Waals surface area contributed by atoms with Gasteiger partial charge >= 0.3 is 0 Å². The lowest BCUT2D eigenvalue weighted by Gasteiger charge is -2.17.